The summed E-state index contributed by atoms with van der Waals surface area (Å²) in [6.45, 7) is 10.4. The molecule has 13 heteroatoms. The molecule has 1 unspecified atom stereocenters. The first-order chi connectivity index (χ1) is 27.6. The molecule has 6 amide bonds. The molecule has 0 aliphatic rings. The lowest BCUT2D eigenvalue weighted by molar-refractivity contribution is -0.134. The molecule has 8 N–H and O–H groups in total. The summed E-state index contributed by atoms with van der Waals surface area (Å²) in [5.74, 6) is -3.85. The van der Waals surface area contributed by atoms with Gasteiger partial charge in [0.15, 0.2) is 0 Å². The molecule has 0 fully saturated rings. The maximum Gasteiger partial charge on any atom is 0.243 e. The predicted molar refractivity (Wildman–Crippen MR) is 225 cm³/mol. The minimum Gasteiger partial charge on any atom is -0.390 e. The van der Waals surface area contributed by atoms with E-state index in [0.717, 1.165) is 32.7 Å². The van der Waals surface area contributed by atoms with Crippen molar-refractivity contribution in [3.05, 3.63) is 96.1 Å². The molecule has 0 saturated carbocycles. The van der Waals surface area contributed by atoms with Crippen LogP contribution in [-0.4, -0.2) is 76.9 Å². The molecule has 0 bridgehead atoms. The SMILES string of the molecule is CCC(NC(=O)C[C@H](O)[C@H](CC(C)C)NC(=O)[C@@H](NC(=O)[C@H](Cc1cccc2ccccc12)NC(C)=O)C(C)C)C(=O)N[C@@H](Cc1cccc2ccccc12)C(N)=O. The Balaban J connectivity index is 1.41. The molecule has 4 rings (SSSR count). The molecule has 13 nitrogen and oxygen atoms in total. The molecule has 0 aromatic heterocycles. The van der Waals surface area contributed by atoms with Crippen molar-refractivity contribution in [1.82, 2.24) is 26.6 Å². The lowest BCUT2D eigenvalue weighted by Crippen LogP contribution is -2.58. The number of hydrogen-bond acceptors (Lipinski definition) is 7. The first kappa shape index (κ1) is 44.9. The fourth-order valence-corrected chi connectivity index (χ4v) is 7.15. The largest absolute Gasteiger partial charge is 0.390 e. The van der Waals surface area contributed by atoms with Crippen molar-refractivity contribution in [3.63, 3.8) is 0 Å². The van der Waals surface area contributed by atoms with E-state index in [1.54, 1.807) is 20.8 Å². The summed E-state index contributed by atoms with van der Waals surface area (Å²) < 4.78 is 0. The maximum absolute atomic E-state index is 13.8. The van der Waals surface area contributed by atoms with E-state index in [4.69, 9.17) is 5.73 Å². The van der Waals surface area contributed by atoms with Gasteiger partial charge in [-0.1, -0.05) is 120 Å². The van der Waals surface area contributed by atoms with Crippen LogP contribution in [0.3, 0.4) is 0 Å². The van der Waals surface area contributed by atoms with Crippen LogP contribution >= 0.6 is 0 Å². The Labute approximate surface area is 340 Å². The highest BCUT2D eigenvalue weighted by Crippen LogP contribution is 2.22. The number of rotatable bonds is 20. The molecular weight excluding hydrogens is 737 g/mol. The Morgan fingerprint density at radius 1 is 0.621 bits per heavy atom. The van der Waals surface area contributed by atoms with Crippen molar-refractivity contribution in [1.29, 1.82) is 0 Å². The standard InChI is InChI=1S/C45H58N6O7/c1-7-35(43(56)50-37(42(46)55)23-31-18-12-16-29-14-8-10-20-33(29)31)48-40(54)25-39(53)36(22-26(2)3)49-45(58)41(27(4)5)51-44(57)38(47-28(6)52)24-32-19-13-17-30-15-9-11-21-34(30)32/h8-21,26-27,35-39,41,53H,7,22-25H2,1-6H3,(H2,46,55)(H,47,52)(H,48,54)(H,49,58)(H,50,56)(H,51,57)/t35?,36-,37-,38-,39-,41-/m0/s1. The predicted octanol–water partition coefficient (Wildman–Crippen LogP) is 3.57. The average Bonchev–Trinajstić information content (AvgIpc) is 3.17. The minimum absolute atomic E-state index is 0.00146. The van der Waals surface area contributed by atoms with Crippen LogP contribution in [0.5, 0.6) is 0 Å². The van der Waals surface area contributed by atoms with Crippen LogP contribution in [0, 0.1) is 11.8 Å². The number of primary amides is 1. The highest BCUT2D eigenvalue weighted by molar-refractivity contribution is 5.94. The molecule has 0 aliphatic heterocycles. The van der Waals surface area contributed by atoms with Gasteiger partial charge in [-0.05, 0) is 57.3 Å². The number of aliphatic hydroxyl groups excluding tert-OH is 1. The van der Waals surface area contributed by atoms with E-state index < -0.39 is 78.2 Å². The van der Waals surface area contributed by atoms with Crippen LogP contribution in [0.15, 0.2) is 84.9 Å². The van der Waals surface area contributed by atoms with Crippen LogP contribution in [-0.2, 0) is 41.6 Å². The van der Waals surface area contributed by atoms with Gasteiger partial charge >= 0.3 is 0 Å². The number of amides is 6. The Kier molecular flexibility index (Phi) is 16.3. The second kappa shape index (κ2) is 21.1. The molecule has 0 aliphatic carbocycles. The van der Waals surface area contributed by atoms with E-state index in [9.17, 15) is 33.9 Å². The Morgan fingerprint density at radius 3 is 1.64 bits per heavy atom. The van der Waals surface area contributed by atoms with Crippen molar-refractivity contribution in [3.8, 4) is 0 Å². The quantitative estimate of drug-likeness (QED) is 0.0707. The zero-order valence-corrected chi connectivity index (χ0v) is 34.2. The van der Waals surface area contributed by atoms with Crippen molar-refractivity contribution in [2.45, 2.75) is 110 Å². The van der Waals surface area contributed by atoms with Gasteiger partial charge < -0.3 is 37.4 Å². The van der Waals surface area contributed by atoms with Gasteiger partial charge in [0, 0.05) is 19.8 Å². The van der Waals surface area contributed by atoms with Crippen LogP contribution in [0.4, 0.5) is 0 Å². The third-order valence-electron chi connectivity index (χ3n) is 10.2. The van der Waals surface area contributed by atoms with Crippen LogP contribution in [0.25, 0.3) is 21.5 Å². The molecule has 58 heavy (non-hydrogen) atoms. The van der Waals surface area contributed by atoms with Gasteiger partial charge in [-0.15, -0.1) is 0 Å². The van der Waals surface area contributed by atoms with E-state index >= 15 is 0 Å². The minimum atomic E-state index is -1.35. The molecule has 4 aromatic carbocycles. The topological polar surface area (TPSA) is 209 Å². The van der Waals surface area contributed by atoms with Gasteiger partial charge in [0.2, 0.25) is 35.4 Å². The average molecular weight is 795 g/mol. The van der Waals surface area contributed by atoms with E-state index in [1.807, 2.05) is 98.8 Å². The summed E-state index contributed by atoms with van der Waals surface area (Å²) in [7, 11) is 0. The number of nitrogens with two attached hydrogens (primary N) is 1. The smallest absolute Gasteiger partial charge is 0.243 e. The number of aliphatic hydroxyl groups is 1. The molecule has 0 heterocycles. The molecule has 0 saturated heterocycles. The number of nitrogens with one attached hydrogen (secondary N) is 5. The van der Waals surface area contributed by atoms with Gasteiger partial charge in [-0.2, -0.15) is 0 Å². The zero-order valence-electron chi connectivity index (χ0n) is 34.2. The normalized spacial score (nSPS) is 14.5. The first-order valence-electron chi connectivity index (χ1n) is 20.0. The number of benzene rings is 4. The summed E-state index contributed by atoms with van der Waals surface area (Å²) in [5.41, 5.74) is 7.38. The van der Waals surface area contributed by atoms with Crippen LogP contribution < -0.4 is 32.3 Å². The van der Waals surface area contributed by atoms with Crippen LogP contribution in [0.1, 0.15) is 71.9 Å². The highest BCUT2D eigenvalue weighted by atomic mass is 16.3. The Hall–Kier alpha value is -5.82. The van der Waals surface area contributed by atoms with Crippen LogP contribution in [0.2, 0.25) is 0 Å². The zero-order chi connectivity index (χ0) is 42.5. The van der Waals surface area contributed by atoms with E-state index in [-0.39, 0.29) is 31.1 Å². The van der Waals surface area contributed by atoms with Crippen molar-refractivity contribution in [2.75, 3.05) is 0 Å². The molecule has 4 aromatic rings. The fourth-order valence-electron chi connectivity index (χ4n) is 7.15. The first-order valence-corrected chi connectivity index (χ1v) is 20.0. The Bertz CT molecular complexity index is 2070. The van der Waals surface area contributed by atoms with Gasteiger partial charge in [-0.3, -0.25) is 28.8 Å². The second-order valence-corrected chi connectivity index (χ2v) is 15.7. The lowest BCUT2D eigenvalue weighted by Gasteiger charge is -2.30. The molecule has 6 atom stereocenters. The molecule has 0 radical (unpaired) electrons. The van der Waals surface area contributed by atoms with E-state index in [0.29, 0.717) is 6.42 Å². The fraction of sp³-hybridized carbons (Fsp3) is 0.422. The van der Waals surface area contributed by atoms with E-state index in [1.165, 1.54) is 6.92 Å². The summed E-state index contributed by atoms with van der Waals surface area (Å²) >= 11 is 0. The second-order valence-electron chi connectivity index (χ2n) is 15.7. The maximum atomic E-state index is 13.8. The van der Waals surface area contributed by atoms with Gasteiger partial charge in [-0.25, -0.2) is 0 Å². The molecule has 0 spiro atoms. The molecular formula is C45H58N6O7. The summed E-state index contributed by atoms with van der Waals surface area (Å²) in [6, 6.07) is 21.9. The third-order valence-corrected chi connectivity index (χ3v) is 10.2. The number of hydrogen-bond donors (Lipinski definition) is 7. The Morgan fingerprint density at radius 2 is 1.14 bits per heavy atom. The number of carbonyl (C=O) groups is 6. The lowest BCUT2D eigenvalue weighted by atomic mass is 9.95. The van der Waals surface area contributed by atoms with E-state index in [2.05, 4.69) is 26.6 Å². The third kappa shape index (κ3) is 12.6. The highest BCUT2D eigenvalue weighted by Gasteiger charge is 2.33. The van der Waals surface area contributed by atoms with Crippen molar-refractivity contribution < 1.29 is 33.9 Å². The number of fused-ring (bicyclic) bond motifs is 2. The summed E-state index contributed by atoms with van der Waals surface area (Å²) in [4.78, 5) is 78.9. The van der Waals surface area contributed by atoms with Gasteiger partial charge in [0.05, 0.1) is 18.6 Å². The summed E-state index contributed by atoms with van der Waals surface area (Å²) in [6.07, 6.45) is -0.953. The monoisotopic (exact) mass is 794 g/mol. The van der Waals surface area contributed by atoms with Gasteiger partial charge in [0.25, 0.3) is 0 Å². The van der Waals surface area contributed by atoms with Crippen molar-refractivity contribution in [2.24, 2.45) is 17.6 Å². The molecule has 310 valence electrons. The summed E-state index contributed by atoms with van der Waals surface area (Å²) in [5, 5.41) is 28.9. The van der Waals surface area contributed by atoms with Crippen molar-refractivity contribution >= 4 is 57.0 Å². The van der Waals surface area contributed by atoms with Gasteiger partial charge in [0.1, 0.15) is 24.2 Å². The number of carbonyl (C=O) groups excluding carboxylic acids is 6.